The van der Waals surface area contributed by atoms with E-state index in [0.717, 1.165) is 72.7 Å². The standard InChI is InChI=1S/C21H26NO3.C14H16N4O3.BrH/c1-4-22(3,5-2)14-15-24-21(23)20-16-10-6-8-12-18(16)25-19-13-9-7-11-17(19)20;1-2-17-8-10(13(20)21)11(19)9-7-15-14(16-12(9)17)18-5-3-4-6-18;/h6-13,20H,4-5,14-15H2,1-3H3;7-8H,2-6H2,1H3,(H,20,21);1H/q+1;;/p-1. The number of quaternary nitrogens is 1. The van der Waals surface area contributed by atoms with E-state index in [9.17, 15) is 14.4 Å². The number of rotatable bonds is 9. The van der Waals surface area contributed by atoms with E-state index in [1.165, 1.54) is 12.4 Å². The summed E-state index contributed by atoms with van der Waals surface area (Å²) in [4.78, 5) is 47.0. The van der Waals surface area contributed by atoms with Crippen LogP contribution >= 0.6 is 0 Å². The molecule has 2 aromatic heterocycles. The summed E-state index contributed by atoms with van der Waals surface area (Å²) in [6.45, 7) is 11.9. The van der Waals surface area contributed by atoms with Crippen molar-refractivity contribution < 1.29 is 45.6 Å². The number of aromatic carboxylic acids is 1. The maximum Gasteiger partial charge on any atom is 0.341 e. The van der Waals surface area contributed by atoms with Gasteiger partial charge in [0.1, 0.15) is 41.8 Å². The number of aryl methyl sites for hydroxylation is 1. The Morgan fingerprint density at radius 1 is 1.00 bits per heavy atom. The van der Waals surface area contributed by atoms with Crippen LogP contribution in [0.1, 0.15) is 61.0 Å². The van der Waals surface area contributed by atoms with Crippen molar-refractivity contribution in [3.8, 4) is 11.5 Å². The fraction of sp³-hybridized carbons (Fsp3) is 0.400. The topological polar surface area (TPSA) is 124 Å². The molecule has 0 aliphatic carbocycles. The summed E-state index contributed by atoms with van der Waals surface area (Å²) >= 11 is 0. The molecule has 6 rings (SSSR count). The maximum atomic E-state index is 12.9. The molecule has 0 amide bonds. The second-order valence-corrected chi connectivity index (χ2v) is 11.8. The zero-order valence-corrected chi connectivity index (χ0v) is 28.9. The van der Waals surface area contributed by atoms with Gasteiger partial charge in [-0.15, -0.1) is 0 Å². The molecule has 11 nitrogen and oxygen atoms in total. The van der Waals surface area contributed by atoms with Crippen LogP contribution in [-0.2, 0) is 16.1 Å². The molecule has 0 radical (unpaired) electrons. The minimum atomic E-state index is -1.23. The number of carbonyl (C=O) groups excluding carboxylic acids is 1. The first-order chi connectivity index (χ1) is 22.2. The number of carboxylic acid groups (broad SMARTS) is 1. The lowest BCUT2D eigenvalue weighted by Crippen LogP contribution is -3.00. The van der Waals surface area contributed by atoms with E-state index in [1.807, 2.05) is 55.5 Å². The van der Waals surface area contributed by atoms with E-state index >= 15 is 0 Å². The van der Waals surface area contributed by atoms with Gasteiger partial charge in [0.05, 0.1) is 25.5 Å². The minimum Gasteiger partial charge on any atom is -1.00 e. The zero-order chi connectivity index (χ0) is 32.8. The molecule has 0 saturated carbocycles. The molecule has 0 bridgehead atoms. The minimum absolute atomic E-state index is 0. The molecule has 1 N–H and O–H groups in total. The SMILES string of the molecule is CC[N+](C)(CC)CCOC(=O)C1c2ccccc2Oc2ccccc21.CCn1cc(C(=O)O)c(=O)c2cnc(N3CCCC3)nc21.[Br-]. The first-order valence-electron chi connectivity index (χ1n) is 15.9. The largest absolute Gasteiger partial charge is 1.00 e. The third-order valence-corrected chi connectivity index (χ3v) is 9.08. The molecule has 2 aliphatic heterocycles. The average molecular weight is 709 g/mol. The van der Waals surface area contributed by atoms with Gasteiger partial charge in [-0.3, -0.25) is 9.59 Å². The van der Waals surface area contributed by atoms with E-state index in [2.05, 4.69) is 35.8 Å². The number of pyridine rings is 1. The van der Waals surface area contributed by atoms with Crippen molar-refractivity contribution >= 4 is 28.9 Å². The predicted octanol–water partition coefficient (Wildman–Crippen LogP) is 2.07. The molecule has 4 aromatic rings. The predicted molar refractivity (Wildman–Crippen MR) is 176 cm³/mol. The molecule has 0 spiro atoms. The Hall–Kier alpha value is -4.29. The number of carbonyl (C=O) groups is 2. The second-order valence-electron chi connectivity index (χ2n) is 11.8. The number of benzene rings is 2. The number of nitrogens with zero attached hydrogens (tertiary/aromatic N) is 5. The molecular weight excluding hydrogens is 666 g/mol. The number of aromatic nitrogens is 3. The number of anilines is 1. The quantitative estimate of drug-likeness (QED) is 0.206. The van der Waals surface area contributed by atoms with Crippen LogP contribution in [0.15, 0.2) is 65.7 Å². The van der Waals surface area contributed by atoms with Gasteiger partial charge >= 0.3 is 11.9 Å². The maximum absolute atomic E-state index is 12.9. The van der Waals surface area contributed by atoms with Crippen LogP contribution in [0.4, 0.5) is 5.95 Å². The number of para-hydroxylation sites is 2. The molecule has 12 heteroatoms. The highest BCUT2D eigenvalue weighted by molar-refractivity contribution is 5.91. The Bertz CT molecular complexity index is 1740. The monoisotopic (exact) mass is 707 g/mol. The van der Waals surface area contributed by atoms with Crippen molar-refractivity contribution in [1.82, 2.24) is 14.5 Å². The van der Waals surface area contributed by atoms with Crippen LogP contribution in [0, 0.1) is 0 Å². The highest BCUT2D eigenvalue weighted by Gasteiger charge is 2.34. The molecule has 2 aliphatic rings. The smallest absolute Gasteiger partial charge is 0.341 e. The van der Waals surface area contributed by atoms with Gasteiger partial charge < -0.3 is 45.5 Å². The molecule has 1 fully saturated rings. The van der Waals surface area contributed by atoms with Crippen molar-refractivity contribution in [3.63, 3.8) is 0 Å². The van der Waals surface area contributed by atoms with E-state index < -0.39 is 17.3 Å². The van der Waals surface area contributed by atoms with Crippen LogP contribution < -0.4 is 32.0 Å². The summed E-state index contributed by atoms with van der Waals surface area (Å²) in [5, 5.41) is 9.36. The van der Waals surface area contributed by atoms with Gasteiger partial charge in [-0.25, -0.2) is 9.78 Å². The van der Waals surface area contributed by atoms with Crippen molar-refractivity contribution in [2.45, 2.75) is 46.1 Å². The first kappa shape index (κ1) is 35.6. The molecule has 2 aromatic carbocycles. The third-order valence-electron chi connectivity index (χ3n) is 9.08. The van der Waals surface area contributed by atoms with Crippen molar-refractivity contribution in [2.75, 3.05) is 51.3 Å². The third kappa shape index (κ3) is 7.65. The van der Waals surface area contributed by atoms with E-state index in [1.54, 1.807) is 4.57 Å². The number of esters is 1. The average Bonchev–Trinajstić information content (AvgIpc) is 3.62. The zero-order valence-electron chi connectivity index (χ0n) is 27.3. The Morgan fingerprint density at radius 3 is 2.15 bits per heavy atom. The van der Waals surface area contributed by atoms with Gasteiger partial charge in [0.25, 0.3) is 0 Å². The van der Waals surface area contributed by atoms with E-state index in [4.69, 9.17) is 14.6 Å². The second kappa shape index (κ2) is 15.5. The number of fused-ring (bicyclic) bond motifs is 3. The van der Waals surface area contributed by atoms with Gasteiger partial charge in [-0.1, -0.05) is 36.4 Å². The Kier molecular flexibility index (Phi) is 11.8. The summed E-state index contributed by atoms with van der Waals surface area (Å²) in [6, 6.07) is 15.4. The molecule has 4 heterocycles. The van der Waals surface area contributed by atoms with Crippen LogP contribution in [-0.4, -0.2) is 82.4 Å². The van der Waals surface area contributed by atoms with Crippen molar-refractivity contribution in [1.29, 1.82) is 0 Å². The van der Waals surface area contributed by atoms with Crippen LogP contribution in [0.5, 0.6) is 11.5 Å². The number of halogens is 1. The van der Waals surface area contributed by atoms with E-state index in [0.29, 0.717) is 24.7 Å². The van der Waals surface area contributed by atoms with Crippen LogP contribution in [0.3, 0.4) is 0 Å². The lowest BCUT2D eigenvalue weighted by atomic mass is 9.88. The van der Waals surface area contributed by atoms with Gasteiger partial charge in [-0.2, -0.15) is 4.98 Å². The summed E-state index contributed by atoms with van der Waals surface area (Å²) in [7, 11) is 2.19. The fourth-order valence-electron chi connectivity index (χ4n) is 5.78. The highest BCUT2D eigenvalue weighted by atomic mass is 79.9. The number of ether oxygens (including phenoxy) is 2. The number of hydrogen-bond donors (Lipinski definition) is 1. The normalized spacial score (nSPS) is 13.8. The van der Waals surface area contributed by atoms with Gasteiger partial charge in [0.2, 0.25) is 11.4 Å². The summed E-state index contributed by atoms with van der Waals surface area (Å²) in [5.41, 5.74) is 1.45. The molecule has 47 heavy (non-hydrogen) atoms. The van der Waals surface area contributed by atoms with E-state index in [-0.39, 0.29) is 33.9 Å². The Balaban J connectivity index is 0.000000211. The molecule has 1 saturated heterocycles. The van der Waals surface area contributed by atoms with Crippen molar-refractivity contribution in [3.05, 3.63) is 87.8 Å². The Morgan fingerprint density at radius 2 is 1.60 bits per heavy atom. The van der Waals surface area contributed by atoms with Crippen LogP contribution in [0.25, 0.3) is 11.0 Å². The fourth-order valence-corrected chi connectivity index (χ4v) is 5.78. The summed E-state index contributed by atoms with van der Waals surface area (Å²) in [5.74, 6) is 0.194. The van der Waals surface area contributed by atoms with Gasteiger partial charge in [0, 0.05) is 43.2 Å². The molecular formula is C35H42BrN5O6. The van der Waals surface area contributed by atoms with Gasteiger partial charge in [0.15, 0.2) is 0 Å². The first-order valence-corrected chi connectivity index (χ1v) is 15.9. The van der Waals surface area contributed by atoms with Gasteiger partial charge in [-0.05, 0) is 45.7 Å². The lowest BCUT2D eigenvalue weighted by Gasteiger charge is -2.32. The molecule has 0 unspecified atom stereocenters. The molecule has 250 valence electrons. The Labute approximate surface area is 285 Å². The molecule has 0 atom stereocenters. The highest BCUT2D eigenvalue weighted by Crippen LogP contribution is 2.44. The lowest BCUT2D eigenvalue weighted by molar-refractivity contribution is -0.906. The van der Waals surface area contributed by atoms with Crippen molar-refractivity contribution in [2.24, 2.45) is 0 Å². The number of carboxylic acids is 1. The number of likely N-dealkylation sites (N-methyl/N-ethyl adjacent to an activating group) is 1. The summed E-state index contributed by atoms with van der Waals surface area (Å²) < 4.78 is 14.2. The summed E-state index contributed by atoms with van der Waals surface area (Å²) in [6.07, 6.45) is 5.02. The number of hydrogen-bond acceptors (Lipinski definition) is 8. The van der Waals surface area contributed by atoms with Crippen LogP contribution in [0.2, 0.25) is 0 Å².